The van der Waals surface area contributed by atoms with Crippen molar-refractivity contribution >= 4 is 0 Å². The predicted molar refractivity (Wildman–Crippen MR) is 76.2 cm³/mol. The highest BCUT2D eigenvalue weighted by atomic mass is 16.5. The van der Waals surface area contributed by atoms with Crippen molar-refractivity contribution in [1.82, 2.24) is 5.32 Å². The van der Waals surface area contributed by atoms with Crippen LogP contribution in [0.15, 0.2) is 18.2 Å². The summed E-state index contributed by atoms with van der Waals surface area (Å²) in [6, 6.07) is 6.88. The molecule has 0 aromatic heterocycles. The van der Waals surface area contributed by atoms with Gasteiger partial charge in [-0.2, -0.15) is 0 Å². The SMILES string of the molecule is CNC1CCC(C)CC1Oc1ccc(C)c(C)c1. The van der Waals surface area contributed by atoms with Gasteiger partial charge >= 0.3 is 0 Å². The highest BCUT2D eigenvalue weighted by Gasteiger charge is 2.29. The number of benzene rings is 1. The fourth-order valence-corrected chi connectivity index (χ4v) is 2.75. The van der Waals surface area contributed by atoms with E-state index in [9.17, 15) is 0 Å². The summed E-state index contributed by atoms with van der Waals surface area (Å²) < 4.78 is 6.20. The Balaban J connectivity index is 2.08. The highest BCUT2D eigenvalue weighted by Crippen LogP contribution is 2.28. The van der Waals surface area contributed by atoms with E-state index in [-0.39, 0.29) is 0 Å². The zero-order valence-corrected chi connectivity index (χ0v) is 12.0. The van der Waals surface area contributed by atoms with Gasteiger partial charge < -0.3 is 10.1 Å². The predicted octanol–water partition coefficient (Wildman–Crippen LogP) is 3.46. The Morgan fingerprint density at radius 1 is 1.17 bits per heavy atom. The van der Waals surface area contributed by atoms with Crippen LogP contribution in [0.5, 0.6) is 5.75 Å². The normalized spacial score (nSPS) is 28.1. The first-order valence-corrected chi connectivity index (χ1v) is 7.01. The van der Waals surface area contributed by atoms with Gasteiger partial charge in [0.25, 0.3) is 0 Å². The van der Waals surface area contributed by atoms with E-state index in [1.807, 2.05) is 7.05 Å². The summed E-state index contributed by atoms with van der Waals surface area (Å²) in [5.74, 6) is 1.78. The molecule has 0 heterocycles. The number of rotatable bonds is 3. The Bertz CT molecular complexity index is 402. The first kappa shape index (κ1) is 13.4. The molecule has 0 bridgehead atoms. The van der Waals surface area contributed by atoms with Crippen LogP contribution >= 0.6 is 0 Å². The molecule has 0 aliphatic heterocycles. The molecule has 0 saturated heterocycles. The van der Waals surface area contributed by atoms with Crippen LogP contribution in [0.4, 0.5) is 0 Å². The summed E-state index contributed by atoms with van der Waals surface area (Å²) in [4.78, 5) is 0. The van der Waals surface area contributed by atoms with E-state index in [0.29, 0.717) is 12.1 Å². The molecule has 2 rings (SSSR count). The third-order valence-corrected chi connectivity index (χ3v) is 4.19. The van der Waals surface area contributed by atoms with Crippen LogP contribution in [0.1, 0.15) is 37.3 Å². The van der Waals surface area contributed by atoms with Gasteiger partial charge in [-0.15, -0.1) is 0 Å². The van der Waals surface area contributed by atoms with Gasteiger partial charge in [-0.1, -0.05) is 13.0 Å². The molecular weight excluding hydrogens is 222 g/mol. The maximum absolute atomic E-state index is 6.20. The molecular formula is C16H25NO. The number of aryl methyl sites for hydroxylation is 2. The molecule has 0 spiro atoms. The van der Waals surface area contributed by atoms with Crippen LogP contribution < -0.4 is 10.1 Å². The summed E-state index contributed by atoms with van der Waals surface area (Å²) in [6.45, 7) is 6.60. The monoisotopic (exact) mass is 247 g/mol. The molecule has 3 unspecified atom stereocenters. The van der Waals surface area contributed by atoms with Gasteiger partial charge in [0, 0.05) is 6.04 Å². The van der Waals surface area contributed by atoms with Gasteiger partial charge in [0.15, 0.2) is 0 Å². The molecule has 2 nitrogen and oxygen atoms in total. The number of hydrogen-bond acceptors (Lipinski definition) is 2. The average Bonchev–Trinajstić information content (AvgIpc) is 2.34. The van der Waals surface area contributed by atoms with Crippen molar-refractivity contribution < 1.29 is 4.74 Å². The van der Waals surface area contributed by atoms with Gasteiger partial charge in [0.05, 0.1) is 0 Å². The van der Waals surface area contributed by atoms with Crippen LogP contribution in [0.3, 0.4) is 0 Å². The fraction of sp³-hybridized carbons (Fsp3) is 0.625. The first-order valence-electron chi connectivity index (χ1n) is 7.01. The minimum atomic E-state index is 0.306. The van der Waals surface area contributed by atoms with Crippen molar-refractivity contribution in [2.24, 2.45) is 5.92 Å². The van der Waals surface area contributed by atoms with Crippen molar-refractivity contribution in [3.8, 4) is 5.75 Å². The molecule has 1 N–H and O–H groups in total. The van der Waals surface area contributed by atoms with Crippen LogP contribution in [-0.2, 0) is 0 Å². The molecule has 1 saturated carbocycles. The topological polar surface area (TPSA) is 21.3 Å². The van der Waals surface area contributed by atoms with Gasteiger partial charge in [0.1, 0.15) is 11.9 Å². The molecule has 1 aromatic carbocycles. The fourth-order valence-electron chi connectivity index (χ4n) is 2.75. The van der Waals surface area contributed by atoms with Crippen LogP contribution in [0.25, 0.3) is 0 Å². The Morgan fingerprint density at radius 2 is 1.94 bits per heavy atom. The van der Waals surface area contributed by atoms with E-state index in [2.05, 4.69) is 44.3 Å². The Hall–Kier alpha value is -1.02. The van der Waals surface area contributed by atoms with Gasteiger partial charge in [0.2, 0.25) is 0 Å². The molecule has 0 amide bonds. The summed E-state index contributed by atoms with van der Waals surface area (Å²) >= 11 is 0. The minimum absolute atomic E-state index is 0.306. The van der Waals surface area contributed by atoms with Crippen molar-refractivity contribution in [3.05, 3.63) is 29.3 Å². The Kier molecular flexibility index (Phi) is 4.28. The maximum atomic E-state index is 6.20. The maximum Gasteiger partial charge on any atom is 0.120 e. The lowest BCUT2D eigenvalue weighted by Crippen LogP contribution is -2.45. The van der Waals surface area contributed by atoms with E-state index in [1.54, 1.807) is 0 Å². The number of likely N-dealkylation sites (N-methyl/N-ethyl adjacent to an activating group) is 1. The quantitative estimate of drug-likeness (QED) is 0.883. The highest BCUT2D eigenvalue weighted by molar-refractivity contribution is 5.34. The summed E-state index contributed by atoms with van der Waals surface area (Å²) in [5, 5.41) is 3.40. The van der Waals surface area contributed by atoms with Crippen molar-refractivity contribution in [1.29, 1.82) is 0 Å². The molecule has 1 aliphatic carbocycles. The van der Waals surface area contributed by atoms with Crippen LogP contribution in [-0.4, -0.2) is 19.2 Å². The molecule has 100 valence electrons. The van der Waals surface area contributed by atoms with Gasteiger partial charge in [-0.25, -0.2) is 0 Å². The lowest BCUT2D eigenvalue weighted by Gasteiger charge is -2.35. The Morgan fingerprint density at radius 3 is 2.61 bits per heavy atom. The van der Waals surface area contributed by atoms with Gasteiger partial charge in [-0.3, -0.25) is 0 Å². The first-order chi connectivity index (χ1) is 8.60. The average molecular weight is 247 g/mol. The molecule has 1 aliphatic rings. The summed E-state index contributed by atoms with van der Waals surface area (Å²) in [7, 11) is 2.04. The zero-order chi connectivity index (χ0) is 13.1. The van der Waals surface area contributed by atoms with Gasteiger partial charge in [-0.05, 0) is 69.3 Å². The summed E-state index contributed by atoms with van der Waals surface area (Å²) in [5.41, 5.74) is 2.63. The van der Waals surface area contributed by atoms with E-state index in [0.717, 1.165) is 18.1 Å². The molecule has 1 aromatic rings. The molecule has 1 fully saturated rings. The smallest absolute Gasteiger partial charge is 0.120 e. The standard InChI is InChI=1S/C16H25NO/c1-11-5-8-15(17-4)16(9-11)18-14-7-6-12(2)13(3)10-14/h6-7,10-11,15-17H,5,8-9H2,1-4H3. The second kappa shape index (κ2) is 5.75. The van der Waals surface area contributed by atoms with E-state index in [1.165, 1.54) is 24.0 Å². The molecule has 18 heavy (non-hydrogen) atoms. The number of ether oxygens (including phenoxy) is 1. The lowest BCUT2D eigenvalue weighted by atomic mass is 9.85. The van der Waals surface area contributed by atoms with Crippen LogP contribution in [0.2, 0.25) is 0 Å². The number of hydrogen-bond donors (Lipinski definition) is 1. The van der Waals surface area contributed by atoms with E-state index < -0.39 is 0 Å². The van der Waals surface area contributed by atoms with Crippen molar-refractivity contribution in [2.45, 2.75) is 52.2 Å². The second-order valence-electron chi connectivity index (χ2n) is 5.72. The van der Waals surface area contributed by atoms with E-state index in [4.69, 9.17) is 4.74 Å². The Labute approximate surface area is 111 Å². The molecule has 2 heteroatoms. The summed E-state index contributed by atoms with van der Waals surface area (Å²) in [6.07, 6.45) is 3.98. The molecule has 0 radical (unpaired) electrons. The third-order valence-electron chi connectivity index (χ3n) is 4.19. The zero-order valence-electron chi connectivity index (χ0n) is 12.0. The van der Waals surface area contributed by atoms with Crippen molar-refractivity contribution in [2.75, 3.05) is 7.05 Å². The van der Waals surface area contributed by atoms with Crippen molar-refractivity contribution in [3.63, 3.8) is 0 Å². The lowest BCUT2D eigenvalue weighted by molar-refractivity contribution is 0.0943. The number of nitrogens with one attached hydrogen (secondary N) is 1. The van der Waals surface area contributed by atoms with Crippen LogP contribution in [0, 0.1) is 19.8 Å². The second-order valence-corrected chi connectivity index (χ2v) is 5.72. The molecule has 3 atom stereocenters. The third kappa shape index (κ3) is 3.05. The van der Waals surface area contributed by atoms with E-state index >= 15 is 0 Å². The minimum Gasteiger partial charge on any atom is -0.489 e. The largest absolute Gasteiger partial charge is 0.489 e.